The monoisotopic (exact) mass is 380 g/mol. The van der Waals surface area contributed by atoms with E-state index in [1.165, 1.54) is 11.1 Å². The summed E-state index contributed by atoms with van der Waals surface area (Å²) in [4.78, 5) is 18.2. The van der Waals surface area contributed by atoms with E-state index in [9.17, 15) is 4.79 Å². The fraction of sp³-hybridized carbons (Fsp3) is 0.391. The minimum absolute atomic E-state index is 0.00944. The summed E-state index contributed by atoms with van der Waals surface area (Å²) in [5.41, 5.74) is 4.36. The first-order valence-electron chi connectivity index (χ1n) is 9.80. The van der Waals surface area contributed by atoms with Crippen LogP contribution in [0.1, 0.15) is 46.8 Å². The zero-order valence-electron chi connectivity index (χ0n) is 17.6. The fourth-order valence-corrected chi connectivity index (χ4v) is 2.87. The maximum absolute atomic E-state index is 12.0. The van der Waals surface area contributed by atoms with Crippen molar-refractivity contribution in [1.29, 1.82) is 0 Å². The highest BCUT2D eigenvalue weighted by Crippen LogP contribution is 2.15. The van der Waals surface area contributed by atoms with Crippen LogP contribution in [-0.2, 0) is 6.54 Å². The van der Waals surface area contributed by atoms with Gasteiger partial charge in [-0.1, -0.05) is 48.9 Å². The zero-order valence-corrected chi connectivity index (χ0v) is 17.6. The summed E-state index contributed by atoms with van der Waals surface area (Å²) < 4.78 is 0. The molecule has 0 bridgehead atoms. The lowest BCUT2D eigenvalue weighted by Gasteiger charge is -2.17. The molecule has 1 unspecified atom stereocenters. The second-order valence-electron chi connectivity index (χ2n) is 7.29. The first kappa shape index (κ1) is 21.5. The van der Waals surface area contributed by atoms with Crippen molar-refractivity contribution in [3.05, 3.63) is 70.8 Å². The third-order valence-electron chi connectivity index (χ3n) is 4.56. The number of nitrogens with one attached hydrogen (secondary N) is 2. The van der Waals surface area contributed by atoms with Crippen LogP contribution in [0.3, 0.4) is 0 Å². The van der Waals surface area contributed by atoms with Crippen LogP contribution in [0.25, 0.3) is 0 Å². The van der Waals surface area contributed by atoms with Gasteiger partial charge in [-0.15, -0.1) is 0 Å². The maximum Gasteiger partial charge on any atom is 0.253 e. The number of guanidine groups is 1. The van der Waals surface area contributed by atoms with Gasteiger partial charge in [0.2, 0.25) is 0 Å². The zero-order chi connectivity index (χ0) is 20.5. The Morgan fingerprint density at radius 1 is 1.11 bits per heavy atom. The number of benzene rings is 2. The van der Waals surface area contributed by atoms with Crippen LogP contribution in [0.4, 0.5) is 0 Å². The van der Waals surface area contributed by atoms with Gasteiger partial charge >= 0.3 is 0 Å². The average Bonchev–Trinajstić information content (AvgIpc) is 2.69. The molecule has 2 N–H and O–H groups in total. The molecule has 1 amide bonds. The van der Waals surface area contributed by atoms with Crippen molar-refractivity contribution >= 4 is 11.9 Å². The van der Waals surface area contributed by atoms with Crippen LogP contribution in [0, 0.1) is 6.92 Å². The van der Waals surface area contributed by atoms with Crippen LogP contribution in [0.15, 0.2) is 53.5 Å². The SMILES string of the molecule is CCNC(=NCc1ccc(C(=O)N(C)C)cc1)NCC(C)c1cccc(C)c1. The Labute approximate surface area is 168 Å². The normalized spacial score (nSPS) is 12.4. The Bertz CT molecular complexity index is 797. The molecule has 2 aromatic rings. The first-order valence-corrected chi connectivity index (χ1v) is 9.80. The minimum atomic E-state index is 0.00944. The van der Waals surface area contributed by atoms with Crippen molar-refractivity contribution in [1.82, 2.24) is 15.5 Å². The summed E-state index contributed by atoms with van der Waals surface area (Å²) in [6.45, 7) is 8.57. The summed E-state index contributed by atoms with van der Waals surface area (Å²) in [5, 5.41) is 6.72. The van der Waals surface area contributed by atoms with E-state index >= 15 is 0 Å². The lowest BCUT2D eigenvalue weighted by molar-refractivity contribution is 0.0827. The Hall–Kier alpha value is -2.82. The van der Waals surface area contributed by atoms with Crippen LogP contribution in [0.5, 0.6) is 0 Å². The number of hydrogen-bond donors (Lipinski definition) is 2. The molecule has 0 radical (unpaired) electrons. The Morgan fingerprint density at radius 2 is 1.82 bits per heavy atom. The van der Waals surface area contributed by atoms with Gasteiger partial charge in [-0.05, 0) is 43.0 Å². The van der Waals surface area contributed by atoms with Crippen LogP contribution in [-0.4, -0.2) is 44.0 Å². The molecular formula is C23H32N4O. The summed E-state index contributed by atoms with van der Waals surface area (Å²) in [5.74, 6) is 1.20. The van der Waals surface area contributed by atoms with Crippen molar-refractivity contribution in [3.8, 4) is 0 Å². The molecule has 0 aliphatic heterocycles. The smallest absolute Gasteiger partial charge is 0.253 e. The van der Waals surface area contributed by atoms with Crippen molar-refractivity contribution in [2.24, 2.45) is 4.99 Å². The molecule has 150 valence electrons. The lowest BCUT2D eigenvalue weighted by Crippen LogP contribution is -2.39. The van der Waals surface area contributed by atoms with Crippen LogP contribution >= 0.6 is 0 Å². The van der Waals surface area contributed by atoms with E-state index in [0.29, 0.717) is 18.0 Å². The van der Waals surface area contributed by atoms with Gasteiger partial charge in [0.15, 0.2) is 5.96 Å². The van der Waals surface area contributed by atoms with Gasteiger partial charge in [0.1, 0.15) is 0 Å². The highest BCUT2D eigenvalue weighted by atomic mass is 16.2. The number of carbonyl (C=O) groups excluding carboxylic acids is 1. The van der Waals surface area contributed by atoms with Crippen LogP contribution in [0.2, 0.25) is 0 Å². The second-order valence-corrected chi connectivity index (χ2v) is 7.29. The Balaban J connectivity index is 1.97. The summed E-state index contributed by atoms with van der Waals surface area (Å²) in [6.07, 6.45) is 0. The van der Waals surface area contributed by atoms with Crippen molar-refractivity contribution < 1.29 is 4.79 Å². The van der Waals surface area contributed by atoms with Gasteiger partial charge in [-0.25, -0.2) is 4.99 Å². The summed E-state index contributed by atoms with van der Waals surface area (Å²) in [6, 6.07) is 16.2. The molecular weight excluding hydrogens is 348 g/mol. The molecule has 0 spiro atoms. The summed E-state index contributed by atoms with van der Waals surface area (Å²) in [7, 11) is 3.51. The summed E-state index contributed by atoms with van der Waals surface area (Å²) >= 11 is 0. The molecule has 0 aliphatic rings. The van der Waals surface area contributed by atoms with Gasteiger partial charge in [0.25, 0.3) is 5.91 Å². The average molecular weight is 381 g/mol. The van der Waals surface area contributed by atoms with Crippen molar-refractivity contribution in [2.75, 3.05) is 27.2 Å². The third-order valence-corrected chi connectivity index (χ3v) is 4.56. The maximum atomic E-state index is 12.0. The quantitative estimate of drug-likeness (QED) is 0.570. The molecule has 0 saturated heterocycles. The molecule has 5 nitrogen and oxygen atoms in total. The van der Waals surface area contributed by atoms with Crippen molar-refractivity contribution in [2.45, 2.75) is 33.2 Å². The number of nitrogens with zero attached hydrogens (tertiary/aromatic N) is 2. The number of amides is 1. The van der Waals surface area contributed by atoms with Gasteiger partial charge < -0.3 is 15.5 Å². The molecule has 0 aromatic heterocycles. The molecule has 0 saturated carbocycles. The van der Waals surface area contributed by atoms with Gasteiger partial charge in [0, 0.05) is 32.7 Å². The highest BCUT2D eigenvalue weighted by Gasteiger charge is 2.08. The molecule has 5 heteroatoms. The van der Waals surface area contributed by atoms with Crippen LogP contribution < -0.4 is 10.6 Å². The number of carbonyl (C=O) groups is 1. The van der Waals surface area contributed by atoms with E-state index in [1.54, 1.807) is 19.0 Å². The Kier molecular flexibility index (Phi) is 8.05. The standard InChI is InChI=1S/C23H32N4O/c1-6-24-23(25-15-18(3)21-9-7-8-17(2)14-21)26-16-19-10-12-20(13-11-19)22(28)27(4)5/h7-14,18H,6,15-16H2,1-5H3,(H2,24,25,26). The van der Waals surface area contributed by atoms with Crippen molar-refractivity contribution in [3.63, 3.8) is 0 Å². The van der Waals surface area contributed by atoms with E-state index in [-0.39, 0.29) is 5.91 Å². The molecule has 2 aromatic carbocycles. The molecule has 28 heavy (non-hydrogen) atoms. The van der Waals surface area contributed by atoms with E-state index in [2.05, 4.69) is 60.7 Å². The Morgan fingerprint density at radius 3 is 2.43 bits per heavy atom. The van der Waals surface area contributed by atoms with E-state index in [0.717, 1.165) is 24.6 Å². The van der Waals surface area contributed by atoms with E-state index < -0.39 is 0 Å². The van der Waals surface area contributed by atoms with Gasteiger partial charge in [-0.2, -0.15) is 0 Å². The second kappa shape index (κ2) is 10.5. The molecule has 0 aliphatic carbocycles. The predicted molar refractivity (Wildman–Crippen MR) is 117 cm³/mol. The number of aliphatic imine (C=N–C) groups is 1. The van der Waals surface area contributed by atoms with Gasteiger partial charge in [-0.3, -0.25) is 4.79 Å². The third kappa shape index (κ3) is 6.41. The number of aryl methyl sites for hydroxylation is 1. The minimum Gasteiger partial charge on any atom is -0.357 e. The first-order chi connectivity index (χ1) is 13.4. The van der Waals surface area contributed by atoms with Gasteiger partial charge in [0.05, 0.1) is 6.54 Å². The lowest BCUT2D eigenvalue weighted by atomic mass is 9.99. The van der Waals surface area contributed by atoms with E-state index in [1.807, 2.05) is 24.3 Å². The fourth-order valence-electron chi connectivity index (χ4n) is 2.87. The van der Waals surface area contributed by atoms with E-state index in [4.69, 9.17) is 0 Å². The topological polar surface area (TPSA) is 56.7 Å². The predicted octanol–water partition coefficient (Wildman–Crippen LogP) is 3.56. The largest absolute Gasteiger partial charge is 0.357 e. The molecule has 2 rings (SSSR count). The number of hydrogen-bond acceptors (Lipinski definition) is 2. The number of rotatable bonds is 7. The molecule has 0 fully saturated rings. The molecule has 1 atom stereocenters. The molecule has 0 heterocycles. The highest BCUT2D eigenvalue weighted by molar-refractivity contribution is 5.93.